The van der Waals surface area contributed by atoms with E-state index >= 15 is 0 Å². The van der Waals surface area contributed by atoms with Crippen molar-refractivity contribution in [1.82, 2.24) is 0 Å². The largest absolute Gasteiger partial charge is 0.382 e. The standard InChI is InChI=1S/C15H24N2O/c1-12-5-4-6-14(9-12)17(2)15(10-16,11-18-3)13-7-8-13/h4-6,9,13H,7-8,10-11,16H2,1-3H3. The Balaban J connectivity index is 2.30. The molecule has 0 spiro atoms. The Morgan fingerprint density at radius 3 is 2.67 bits per heavy atom. The Kier molecular flexibility index (Phi) is 3.93. The van der Waals surface area contributed by atoms with Crippen LogP contribution < -0.4 is 10.6 Å². The van der Waals surface area contributed by atoms with Gasteiger partial charge >= 0.3 is 0 Å². The molecule has 0 radical (unpaired) electrons. The van der Waals surface area contributed by atoms with Crippen LogP contribution in [0.25, 0.3) is 0 Å². The van der Waals surface area contributed by atoms with E-state index in [1.165, 1.54) is 24.1 Å². The number of rotatable bonds is 6. The Morgan fingerprint density at radius 1 is 1.44 bits per heavy atom. The highest BCUT2D eigenvalue weighted by atomic mass is 16.5. The minimum Gasteiger partial charge on any atom is -0.382 e. The van der Waals surface area contributed by atoms with Gasteiger partial charge in [-0.05, 0) is 43.4 Å². The van der Waals surface area contributed by atoms with Crippen LogP contribution in [0.3, 0.4) is 0 Å². The third-order valence-corrected chi connectivity index (χ3v) is 4.14. The summed E-state index contributed by atoms with van der Waals surface area (Å²) in [6.45, 7) is 3.45. The summed E-state index contributed by atoms with van der Waals surface area (Å²) in [4.78, 5) is 2.32. The maximum Gasteiger partial charge on any atom is 0.0781 e. The summed E-state index contributed by atoms with van der Waals surface area (Å²) in [6, 6.07) is 8.58. The summed E-state index contributed by atoms with van der Waals surface area (Å²) >= 11 is 0. The van der Waals surface area contributed by atoms with E-state index in [9.17, 15) is 0 Å². The zero-order valence-corrected chi connectivity index (χ0v) is 11.6. The van der Waals surface area contributed by atoms with Crippen molar-refractivity contribution in [1.29, 1.82) is 0 Å². The van der Waals surface area contributed by atoms with E-state index in [2.05, 4.69) is 43.1 Å². The van der Waals surface area contributed by atoms with Gasteiger partial charge in [0.2, 0.25) is 0 Å². The normalized spacial score (nSPS) is 18.4. The number of nitrogens with two attached hydrogens (primary N) is 1. The highest BCUT2D eigenvalue weighted by Gasteiger charge is 2.47. The zero-order chi connectivity index (χ0) is 13.2. The van der Waals surface area contributed by atoms with E-state index in [1.807, 2.05) is 0 Å². The summed E-state index contributed by atoms with van der Waals surface area (Å²) in [5, 5.41) is 0. The van der Waals surface area contributed by atoms with Crippen LogP contribution in [0.5, 0.6) is 0 Å². The summed E-state index contributed by atoms with van der Waals surface area (Å²) in [5.41, 5.74) is 8.54. The van der Waals surface area contributed by atoms with Gasteiger partial charge in [-0.2, -0.15) is 0 Å². The SMILES string of the molecule is COCC(CN)(C1CC1)N(C)c1cccc(C)c1. The van der Waals surface area contributed by atoms with Gasteiger partial charge in [0.05, 0.1) is 12.1 Å². The molecule has 1 aromatic carbocycles. The van der Waals surface area contributed by atoms with Crippen molar-refractivity contribution < 1.29 is 4.74 Å². The Labute approximate surface area is 110 Å². The number of likely N-dealkylation sites (N-methyl/N-ethyl adjacent to an activating group) is 1. The molecular formula is C15H24N2O. The van der Waals surface area contributed by atoms with Crippen molar-refractivity contribution in [3.05, 3.63) is 29.8 Å². The van der Waals surface area contributed by atoms with Crippen LogP contribution in [0.4, 0.5) is 5.69 Å². The van der Waals surface area contributed by atoms with Crippen molar-refractivity contribution >= 4 is 5.69 Å². The molecule has 0 aromatic heterocycles. The van der Waals surface area contributed by atoms with Gasteiger partial charge in [-0.3, -0.25) is 0 Å². The monoisotopic (exact) mass is 248 g/mol. The van der Waals surface area contributed by atoms with Gasteiger partial charge in [-0.15, -0.1) is 0 Å². The number of ether oxygens (including phenoxy) is 1. The molecule has 0 bridgehead atoms. The molecule has 1 aliphatic carbocycles. The van der Waals surface area contributed by atoms with E-state index in [1.54, 1.807) is 7.11 Å². The van der Waals surface area contributed by atoms with Crippen LogP contribution in [0.2, 0.25) is 0 Å². The first-order valence-corrected chi connectivity index (χ1v) is 6.63. The van der Waals surface area contributed by atoms with Crippen LogP contribution in [0.15, 0.2) is 24.3 Å². The van der Waals surface area contributed by atoms with Gasteiger partial charge in [0.1, 0.15) is 0 Å². The van der Waals surface area contributed by atoms with Gasteiger partial charge in [-0.25, -0.2) is 0 Å². The van der Waals surface area contributed by atoms with Gasteiger partial charge < -0.3 is 15.4 Å². The molecular weight excluding hydrogens is 224 g/mol. The summed E-state index contributed by atoms with van der Waals surface area (Å²) < 4.78 is 5.45. The fraction of sp³-hybridized carbons (Fsp3) is 0.600. The number of anilines is 1. The molecule has 0 amide bonds. The van der Waals surface area contributed by atoms with Gasteiger partial charge in [-0.1, -0.05) is 12.1 Å². The molecule has 3 heteroatoms. The molecule has 1 aromatic rings. The topological polar surface area (TPSA) is 38.5 Å². The van der Waals surface area contributed by atoms with E-state index in [0.29, 0.717) is 19.1 Å². The third kappa shape index (κ3) is 2.38. The number of nitrogens with zero attached hydrogens (tertiary/aromatic N) is 1. The maximum atomic E-state index is 6.09. The van der Waals surface area contributed by atoms with E-state index in [4.69, 9.17) is 10.5 Å². The number of hydrogen-bond acceptors (Lipinski definition) is 3. The van der Waals surface area contributed by atoms with Crippen molar-refractivity contribution in [2.24, 2.45) is 11.7 Å². The first-order chi connectivity index (χ1) is 8.64. The minimum atomic E-state index is -0.0530. The Morgan fingerprint density at radius 2 is 2.17 bits per heavy atom. The number of hydrogen-bond donors (Lipinski definition) is 1. The van der Waals surface area contributed by atoms with E-state index in [-0.39, 0.29) is 5.54 Å². The van der Waals surface area contributed by atoms with Crippen LogP contribution in [-0.2, 0) is 4.74 Å². The van der Waals surface area contributed by atoms with Gasteiger partial charge in [0, 0.05) is 26.4 Å². The van der Waals surface area contributed by atoms with Crippen molar-refractivity contribution in [3.63, 3.8) is 0 Å². The maximum absolute atomic E-state index is 6.09. The van der Waals surface area contributed by atoms with Gasteiger partial charge in [0.15, 0.2) is 0 Å². The molecule has 3 nitrogen and oxygen atoms in total. The smallest absolute Gasteiger partial charge is 0.0781 e. The predicted octanol–water partition coefficient (Wildman–Crippen LogP) is 2.19. The highest BCUT2D eigenvalue weighted by Crippen LogP contribution is 2.44. The molecule has 0 heterocycles. The fourth-order valence-electron chi connectivity index (χ4n) is 2.82. The molecule has 2 rings (SSSR count). The number of benzene rings is 1. The van der Waals surface area contributed by atoms with Crippen LogP contribution >= 0.6 is 0 Å². The lowest BCUT2D eigenvalue weighted by molar-refractivity contribution is 0.120. The molecule has 2 N–H and O–H groups in total. The molecule has 100 valence electrons. The second kappa shape index (κ2) is 5.29. The Bertz CT molecular complexity index is 403. The molecule has 1 unspecified atom stereocenters. The van der Waals surface area contributed by atoms with Crippen molar-refractivity contribution in [3.8, 4) is 0 Å². The molecule has 0 aliphatic heterocycles. The first kappa shape index (κ1) is 13.4. The average molecular weight is 248 g/mol. The first-order valence-electron chi connectivity index (χ1n) is 6.63. The molecule has 0 saturated heterocycles. The lowest BCUT2D eigenvalue weighted by Gasteiger charge is -2.43. The zero-order valence-electron chi connectivity index (χ0n) is 11.6. The fourth-order valence-corrected chi connectivity index (χ4v) is 2.82. The summed E-state index contributed by atoms with van der Waals surface area (Å²) in [7, 11) is 3.90. The molecule has 1 aliphatic rings. The second-order valence-corrected chi connectivity index (χ2v) is 5.41. The number of methoxy groups -OCH3 is 1. The van der Waals surface area contributed by atoms with E-state index < -0.39 is 0 Å². The lowest BCUT2D eigenvalue weighted by Crippen LogP contribution is -2.57. The summed E-state index contributed by atoms with van der Waals surface area (Å²) in [6.07, 6.45) is 2.52. The molecule has 18 heavy (non-hydrogen) atoms. The quantitative estimate of drug-likeness (QED) is 0.838. The minimum absolute atomic E-state index is 0.0530. The average Bonchev–Trinajstić information content (AvgIpc) is 3.20. The number of aryl methyl sites for hydroxylation is 1. The predicted molar refractivity (Wildman–Crippen MR) is 76.0 cm³/mol. The highest BCUT2D eigenvalue weighted by molar-refractivity contribution is 5.51. The van der Waals surface area contributed by atoms with Crippen LogP contribution in [-0.4, -0.2) is 32.8 Å². The molecule has 1 saturated carbocycles. The second-order valence-electron chi connectivity index (χ2n) is 5.41. The third-order valence-electron chi connectivity index (χ3n) is 4.14. The van der Waals surface area contributed by atoms with Gasteiger partial charge in [0.25, 0.3) is 0 Å². The van der Waals surface area contributed by atoms with E-state index in [0.717, 1.165) is 0 Å². The lowest BCUT2D eigenvalue weighted by atomic mass is 9.91. The van der Waals surface area contributed by atoms with Crippen LogP contribution in [0, 0.1) is 12.8 Å². The Hall–Kier alpha value is -1.06. The van der Waals surface area contributed by atoms with Crippen LogP contribution in [0.1, 0.15) is 18.4 Å². The molecule has 1 fully saturated rings. The van der Waals surface area contributed by atoms with Crippen molar-refractivity contribution in [2.45, 2.75) is 25.3 Å². The molecule has 1 atom stereocenters. The van der Waals surface area contributed by atoms with Crippen molar-refractivity contribution in [2.75, 3.05) is 32.2 Å². The summed E-state index contributed by atoms with van der Waals surface area (Å²) in [5.74, 6) is 0.660.